The van der Waals surface area contributed by atoms with Gasteiger partial charge >= 0.3 is 5.97 Å². The average Bonchev–Trinajstić information content (AvgIpc) is 3.01. The number of benzene rings is 1. The first kappa shape index (κ1) is 18.0. The molecular weight excluding hydrogens is 428 g/mol. The Morgan fingerprint density at radius 3 is 2.96 bits per heavy atom. The fraction of sp³-hybridized carbons (Fsp3) is 0.250. The second kappa shape index (κ2) is 7.19. The van der Waals surface area contributed by atoms with E-state index in [0.29, 0.717) is 31.6 Å². The molecule has 1 aromatic heterocycles. The lowest BCUT2D eigenvalue weighted by atomic mass is 10.1. The fourth-order valence-corrected chi connectivity index (χ4v) is 4.25. The molecule has 0 atom stereocenters. The summed E-state index contributed by atoms with van der Waals surface area (Å²) >= 11 is 9.78. The lowest BCUT2D eigenvalue weighted by molar-refractivity contribution is -0.143. The zero-order valence-corrected chi connectivity index (χ0v) is 16.3. The third-order valence-corrected chi connectivity index (χ3v) is 5.55. The van der Waals surface area contributed by atoms with E-state index in [2.05, 4.69) is 20.9 Å². The molecule has 3 rings (SSSR count). The molecule has 0 radical (unpaired) electrons. The molecule has 1 aliphatic heterocycles. The minimum Gasteiger partial charge on any atom is -0.493 e. The van der Waals surface area contributed by atoms with Gasteiger partial charge in [0.15, 0.2) is 3.95 Å². The summed E-state index contributed by atoms with van der Waals surface area (Å²) in [5, 5.41) is 11.8. The standard InChI is InChI=1S/C16H13BrN2O4S2/c1-2-23-11(20)5-6-19-15(22)13(25-16(19)24)12-9-7-8(17)3-4-10(9)18-14(12)21/h3-4,7,22H,2,5-6H2,1H3. The van der Waals surface area contributed by atoms with Gasteiger partial charge in [-0.1, -0.05) is 15.9 Å². The van der Waals surface area contributed by atoms with Crippen molar-refractivity contribution in [3.05, 3.63) is 42.1 Å². The SMILES string of the molecule is CCOC(=O)CCn1c(O)c(C2=c3cc(Br)ccc3=NC2=O)sc1=S. The van der Waals surface area contributed by atoms with Crippen LogP contribution in [-0.4, -0.2) is 28.2 Å². The van der Waals surface area contributed by atoms with Gasteiger partial charge < -0.3 is 9.84 Å². The number of amides is 1. The van der Waals surface area contributed by atoms with Gasteiger partial charge in [-0.2, -0.15) is 0 Å². The van der Waals surface area contributed by atoms with Crippen LogP contribution in [-0.2, 0) is 20.9 Å². The summed E-state index contributed by atoms with van der Waals surface area (Å²) in [6, 6.07) is 5.31. The van der Waals surface area contributed by atoms with E-state index in [9.17, 15) is 14.7 Å². The van der Waals surface area contributed by atoms with Crippen LogP contribution in [0.25, 0.3) is 5.57 Å². The maximum absolute atomic E-state index is 12.3. The Bertz CT molecular complexity index is 1060. The monoisotopic (exact) mass is 440 g/mol. The smallest absolute Gasteiger partial charge is 0.307 e. The highest BCUT2D eigenvalue weighted by atomic mass is 79.9. The number of carbonyl (C=O) groups excluding carboxylic acids is 2. The Kier molecular flexibility index (Phi) is 5.16. The lowest BCUT2D eigenvalue weighted by Gasteiger charge is -2.05. The molecule has 0 saturated heterocycles. The number of halogens is 1. The van der Waals surface area contributed by atoms with E-state index in [1.54, 1.807) is 25.1 Å². The largest absolute Gasteiger partial charge is 0.493 e. The maximum Gasteiger partial charge on any atom is 0.307 e. The van der Waals surface area contributed by atoms with Crippen LogP contribution in [0.1, 0.15) is 18.2 Å². The number of thiazole rings is 1. The number of nitrogens with zero attached hydrogens (tertiary/aromatic N) is 2. The van der Waals surface area contributed by atoms with Crippen LogP contribution in [0.3, 0.4) is 0 Å². The molecule has 9 heteroatoms. The molecule has 2 aromatic rings. The summed E-state index contributed by atoms with van der Waals surface area (Å²) in [5.74, 6) is -0.923. The molecule has 6 nitrogen and oxygen atoms in total. The van der Waals surface area contributed by atoms with Crippen LogP contribution < -0.4 is 10.6 Å². The number of hydrogen-bond donors (Lipinski definition) is 1. The van der Waals surface area contributed by atoms with Gasteiger partial charge in [0.05, 0.1) is 24.0 Å². The minimum absolute atomic E-state index is 0.0850. The van der Waals surface area contributed by atoms with Crippen LogP contribution >= 0.6 is 39.5 Å². The number of rotatable bonds is 5. The Morgan fingerprint density at radius 1 is 1.48 bits per heavy atom. The normalized spacial score (nSPS) is 12.9. The number of carbonyl (C=O) groups is 2. The Hall–Kier alpha value is -1.84. The van der Waals surface area contributed by atoms with Gasteiger partial charge in [-0.05, 0) is 37.3 Å². The fourth-order valence-electron chi connectivity index (χ4n) is 2.50. The van der Waals surface area contributed by atoms with E-state index in [1.165, 1.54) is 4.57 Å². The minimum atomic E-state index is -0.419. The van der Waals surface area contributed by atoms with Crippen molar-refractivity contribution >= 4 is 56.9 Å². The summed E-state index contributed by atoms with van der Waals surface area (Å²) < 4.78 is 7.50. The summed E-state index contributed by atoms with van der Waals surface area (Å²) in [6.07, 6.45) is 0.0850. The van der Waals surface area contributed by atoms with Crippen molar-refractivity contribution in [3.8, 4) is 5.88 Å². The molecule has 0 aliphatic carbocycles. The topological polar surface area (TPSA) is 80.9 Å². The van der Waals surface area contributed by atoms with Gasteiger partial charge in [0.1, 0.15) is 4.88 Å². The lowest BCUT2D eigenvalue weighted by Crippen LogP contribution is -2.22. The van der Waals surface area contributed by atoms with Gasteiger partial charge in [0.2, 0.25) is 5.88 Å². The molecule has 0 bridgehead atoms. The summed E-state index contributed by atoms with van der Waals surface area (Å²) in [6.45, 7) is 2.21. The van der Waals surface area contributed by atoms with E-state index >= 15 is 0 Å². The molecule has 1 aliphatic rings. The zero-order chi connectivity index (χ0) is 18.1. The highest BCUT2D eigenvalue weighted by Gasteiger charge is 2.25. The predicted octanol–water partition coefficient (Wildman–Crippen LogP) is 2.06. The molecular formula is C16H13BrN2O4S2. The average molecular weight is 441 g/mol. The second-order valence-corrected chi connectivity index (χ2v) is 7.74. The molecule has 1 N–H and O–H groups in total. The molecule has 1 aromatic carbocycles. The summed E-state index contributed by atoms with van der Waals surface area (Å²) in [5.41, 5.74) is 0.319. The summed E-state index contributed by atoms with van der Waals surface area (Å²) in [7, 11) is 0. The van der Waals surface area contributed by atoms with Crippen LogP contribution in [0.2, 0.25) is 0 Å². The van der Waals surface area contributed by atoms with Gasteiger partial charge in [-0.15, -0.1) is 11.3 Å². The molecule has 1 amide bonds. The van der Waals surface area contributed by atoms with E-state index in [1.807, 2.05) is 0 Å². The van der Waals surface area contributed by atoms with Gasteiger partial charge in [0, 0.05) is 16.2 Å². The first-order valence-electron chi connectivity index (χ1n) is 7.44. The van der Waals surface area contributed by atoms with Crippen molar-refractivity contribution in [3.63, 3.8) is 0 Å². The number of hydrogen-bond acceptors (Lipinski definition) is 6. The third kappa shape index (κ3) is 3.44. The van der Waals surface area contributed by atoms with Crippen LogP contribution in [0, 0.1) is 3.95 Å². The zero-order valence-electron chi connectivity index (χ0n) is 13.1. The first-order chi connectivity index (χ1) is 11.9. The van der Waals surface area contributed by atoms with Crippen LogP contribution in [0.5, 0.6) is 5.88 Å². The van der Waals surface area contributed by atoms with E-state index in [4.69, 9.17) is 17.0 Å². The molecule has 0 fully saturated rings. The predicted molar refractivity (Wildman–Crippen MR) is 98.5 cm³/mol. The summed E-state index contributed by atoms with van der Waals surface area (Å²) in [4.78, 5) is 28.2. The number of fused-ring (bicyclic) bond motifs is 1. The van der Waals surface area contributed by atoms with Gasteiger partial charge in [-0.25, -0.2) is 4.99 Å². The Balaban J connectivity index is 2.05. The molecule has 2 heterocycles. The van der Waals surface area contributed by atoms with Crippen LogP contribution in [0.15, 0.2) is 27.7 Å². The highest BCUT2D eigenvalue weighted by Crippen LogP contribution is 2.32. The third-order valence-electron chi connectivity index (χ3n) is 3.60. The quantitative estimate of drug-likeness (QED) is 0.568. The van der Waals surface area contributed by atoms with E-state index < -0.39 is 5.91 Å². The molecule has 25 heavy (non-hydrogen) atoms. The van der Waals surface area contributed by atoms with Gasteiger partial charge in [-0.3, -0.25) is 14.2 Å². The van der Waals surface area contributed by atoms with Crippen molar-refractivity contribution < 1.29 is 19.4 Å². The number of aromatic hydroxyl groups is 1. The molecule has 0 spiro atoms. The highest BCUT2D eigenvalue weighted by molar-refractivity contribution is 9.10. The Labute approximate surface area is 160 Å². The molecule has 130 valence electrons. The maximum atomic E-state index is 12.3. The Morgan fingerprint density at radius 2 is 2.24 bits per heavy atom. The second-order valence-electron chi connectivity index (χ2n) is 5.18. The number of aromatic nitrogens is 1. The number of ether oxygens (including phenoxy) is 1. The van der Waals surface area contributed by atoms with Gasteiger partial charge in [0.25, 0.3) is 5.91 Å². The van der Waals surface area contributed by atoms with Crippen molar-refractivity contribution in [2.45, 2.75) is 19.9 Å². The number of esters is 1. The van der Waals surface area contributed by atoms with Crippen molar-refractivity contribution in [2.24, 2.45) is 4.99 Å². The van der Waals surface area contributed by atoms with Crippen molar-refractivity contribution in [1.82, 2.24) is 4.57 Å². The van der Waals surface area contributed by atoms with E-state index in [0.717, 1.165) is 15.8 Å². The first-order valence-corrected chi connectivity index (χ1v) is 9.45. The van der Waals surface area contributed by atoms with Crippen LogP contribution in [0.4, 0.5) is 0 Å². The van der Waals surface area contributed by atoms with Crippen molar-refractivity contribution in [2.75, 3.05) is 6.61 Å². The molecule has 0 saturated carbocycles. The van der Waals surface area contributed by atoms with E-state index in [-0.39, 0.29) is 24.8 Å². The van der Waals surface area contributed by atoms with Crippen molar-refractivity contribution in [1.29, 1.82) is 0 Å². The molecule has 0 unspecified atom stereocenters.